The summed E-state index contributed by atoms with van der Waals surface area (Å²) < 4.78 is 41.1. The maximum Gasteiger partial charge on any atom is 0.243 e. The largest absolute Gasteiger partial charge is 0.299 e. The summed E-state index contributed by atoms with van der Waals surface area (Å²) in [6.07, 6.45) is 3.54. The van der Waals surface area contributed by atoms with Gasteiger partial charge in [-0.15, -0.1) is 0 Å². The molecule has 1 saturated heterocycles. The molecule has 21 heavy (non-hydrogen) atoms. The number of hydrogen-bond donors (Lipinski definition) is 1. The number of piperidine rings is 1. The Balaban J connectivity index is 2.00. The summed E-state index contributed by atoms with van der Waals surface area (Å²) in [6, 6.07) is 4.06. The van der Waals surface area contributed by atoms with Crippen LogP contribution in [0.3, 0.4) is 0 Å². The topological polar surface area (TPSA) is 49.4 Å². The smallest absolute Gasteiger partial charge is 0.243 e. The zero-order chi connectivity index (χ0) is 15.5. The van der Waals surface area contributed by atoms with Crippen LogP contribution in [0, 0.1) is 5.82 Å². The third-order valence-electron chi connectivity index (χ3n) is 3.77. The Hall–Kier alpha value is -0.500. The van der Waals surface area contributed by atoms with Crippen LogP contribution >= 0.6 is 15.9 Å². The zero-order valence-electron chi connectivity index (χ0n) is 12.0. The fourth-order valence-corrected chi connectivity index (χ4v) is 4.00. The molecule has 1 N–H and O–H groups in total. The molecule has 0 aromatic heterocycles. The third-order valence-corrected chi connectivity index (χ3v) is 5.72. The number of likely N-dealkylation sites (tertiary alicyclic amines) is 1. The van der Waals surface area contributed by atoms with Gasteiger partial charge in [0.2, 0.25) is 10.0 Å². The standard InChI is InChI=1S/C14H20BrFN2O2S/c1-11(18-7-3-2-4-8-18)10-17-21(19,20)14-6-5-12(15)9-13(14)16/h5-6,9,11,17H,2-4,7-8,10H2,1H3. The van der Waals surface area contributed by atoms with Gasteiger partial charge in [0.25, 0.3) is 0 Å². The first-order chi connectivity index (χ1) is 9.90. The van der Waals surface area contributed by atoms with E-state index in [1.54, 1.807) is 0 Å². The Labute approximate surface area is 133 Å². The van der Waals surface area contributed by atoms with Crippen molar-refractivity contribution >= 4 is 26.0 Å². The minimum atomic E-state index is -3.81. The van der Waals surface area contributed by atoms with E-state index < -0.39 is 15.8 Å². The number of halogens is 2. The molecule has 4 nitrogen and oxygen atoms in total. The van der Waals surface area contributed by atoms with Crippen LogP contribution in [-0.4, -0.2) is 39.0 Å². The Morgan fingerprint density at radius 3 is 2.62 bits per heavy atom. The van der Waals surface area contributed by atoms with E-state index in [0.717, 1.165) is 32.0 Å². The van der Waals surface area contributed by atoms with Gasteiger partial charge in [-0.3, -0.25) is 4.90 Å². The molecule has 1 atom stereocenters. The summed E-state index contributed by atoms with van der Waals surface area (Å²) in [5, 5.41) is 0. The van der Waals surface area contributed by atoms with E-state index in [0.29, 0.717) is 4.47 Å². The first-order valence-corrected chi connectivity index (χ1v) is 9.36. The van der Waals surface area contributed by atoms with Gasteiger partial charge in [-0.25, -0.2) is 17.5 Å². The lowest BCUT2D eigenvalue weighted by molar-refractivity contribution is 0.175. The second kappa shape index (κ2) is 7.17. The van der Waals surface area contributed by atoms with Crippen molar-refractivity contribution in [1.82, 2.24) is 9.62 Å². The van der Waals surface area contributed by atoms with Crippen LogP contribution in [0.5, 0.6) is 0 Å². The van der Waals surface area contributed by atoms with Crippen LogP contribution in [0.25, 0.3) is 0 Å². The SMILES string of the molecule is CC(CNS(=O)(=O)c1ccc(Br)cc1F)N1CCCCC1. The predicted molar refractivity (Wildman–Crippen MR) is 84.2 cm³/mol. The highest BCUT2D eigenvalue weighted by molar-refractivity contribution is 9.10. The molecule has 1 fully saturated rings. The molecule has 7 heteroatoms. The van der Waals surface area contributed by atoms with Crippen LogP contribution in [-0.2, 0) is 10.0 Å². The molecule has 0 spiro atoms. The Kier molecular flexibility index (Phi) is 5.76. The van der Waals surface area contributed by atoms with Crippen molar-refractivity contribution in [3.63, 3.8) is 0 Å². The molecule has 1 aliphatic rings. The molecular formula is C14H20BrFN2O2S. The lowest BCUT2D eigenvalue weighted by Crippen LogP contribution is -2.44. The van der Waals surface area contributed by atoms with Crippen molar-refractivity contribution < 1.29 is 12.8 Å². The van der Waals surface area contributed by atoms with Gasteiger partial charge >= 0.3 is 0 Å². The van der Waals surface area contributed by atoms with E-state index in [4.69, 9.17) is 0 Å². The second-order valence-corrected chi connectivity index (χ2v) is 8.02. The van der Waals surface area contributed by atoms with Crippen molar-refractivity contribution in [3.8, 4) is 0 Å². The normalized spacial score (nSPS) is 18.6. The van der Waals surface area contributed by atoms with E-state index in [9.17, 15) is 12.8 Å². The second-order valence-electron chi connectivity index (χ2n) is 5.37. The number of benzene rings is 1. The zero-order valence-corrected chi connectivity index (χ0v) is 14.4. The average molecular weight is 379 g/mol. The maximum absolute atomic E-state index is 13.8. The predicted octanol–water partition coefficient (Wildman–Crippen LogP) is 2.74. The quantitative estimate of drug-likeness (QED) is 0.856. The minimum Gasteiger partial charge on any atom is -0.299 e. The number of rotatable bonds is 5. The van der Waals surface area contributed by atoms with E-state index >= 15 is 0 Å². The third kappa shape index (κ3) is 4.48. The van der Waals surface area contributed by atoms with E-state index in [-0.39, 0.29) is 17.5 Å². The highest BCUT2D eigenvalue weighted by Crippen LogP contribution is 2.19. The Morgan fingerprint density at radius 1 is 1.33 bits per heavy atom. The summed E-state index contributed by atoms with van der Waals surface area (Å²) in [4.78, 5) is 1.96. The molecule has 0 amide bonds. The van der Waals surface area contributed by atoms with Gasteiger partial charge in [0.05, 0.1) is 0 Å². The molecule has 1 aliphatic heterocycles. The van der Waals surface area contributed by atoms with Crippen molar-refractivity contribution in [2.24, 2.45) is 0 Å². The first-order valence-electron chi connectivity index (χ1n) is 7.09. The van der Waals surface area contributed by atoms with Gasteiger partial charge in [0.1, 0.15) is 10.7 Å². The summed E-state index contributed by atoms with van der Waals surface area (Å²) in [6.45, 7) is 4.27. The molecular weight excluding hydrogens is 359 g/mol. The van der Waals surface area contributed by atoms with Crippen molar-refractivity contribution in [2.75, 3.05) is 19.6 Å². The number of sulfonamides is 1. The molecule has 0 saturated carbocycles. The first kappa shape index (κ1) is 16.9. The summed E-state index contributed by atoms with van der Waals surface area (Å²) in [7, 11) is -3.81. The van der Waals surface area contributed by atoms with E-state index in [1.165, 1.54) is 18.6 Å². The number of hydrogen-bond acceptors (Lipinski definition) is 3. The monoisotopic (exact) mass is 378 g/mol. The molecule has 0 aliphatic carbocycles. The van der Waals surface area contributed by atoms with Crippen LogP contribution in [0.15, 0.2) is 27.6 Å². The van der Waals surface area contributed by atoms with Crippen molar-refractivity contribution in [2.45, 2.75) is 37.1 Å². The highest BCUT2D eigenvalue weighted by atomic mass is 79.9. The Morgan fingerprint density at radius 2 is 2.00 bits per heavy atom. The number of nitrogens with zero attached hydrogens (tertiary/aromatic N) is 1. The van der Waals surface area contributed by atoms with Gasteiger partial charge in [-0.05, 0) is 51.1 Å². The van der Waals surface area contributed by atoms with Crippen LogP contribution in [0.1, 0.15) is 26.2 Å². The lowest BCUT2D eigenvalue weighted by atomic mass is 10.1. The van der Waals surface area contributed by atoms with Gasteiger partial charge < -0.3 is 0 Å². The molecule has 2 rings (SSSR count). The summed E-state index contributed by atoms with van der Waals surface area (Å²) in [5.41, 5.74) is 0. The van der Waals surface area contributed by atoms with Gasteiger partial charge in [0, 0.05) is 17.1 Å². The molecule has 0 bridgehead atoms. The molecule has 0 radical (unpaired) electrons. The molecule has 1 aromatic carbocycles. The average Bonchev–Trinajstić information content (AvgIpc) is 2.45. The lowest BCUT2D eigenvalue weighted by Gasteiger charge is -2.32. The van der Waals surface area contributed by atoms with E-state index in [1.807, 2.05) is 6.92 Å². The number of nitrogens with one attached hydrogen (secondary N) is 1. The Bertz CT molecular complexity index is 589. The van der Waals surface area contributed by atoms with Gasteiger partial charge in [0.15, 0.2) is 0 Å². The minimum absolute atomic E-state index is 0.110. The molecule has 118 valence electrons. The van der Waals surface area contributed by atoms with Crippen LogP contribution in [0.2, 0.25) is 0 Å². The fraction of sp³-hybridized carbons (Fsp3) is 0.571. The van der Waals surface area contributed by atoms with E-state index in [2.05, 4.69) is 25.6 Å². The highest BCUT2D eigenvalue weighted by Gasteiger charge is 2.22. The summed E-state index contributed by atoms with van der Waals surface area (Å²) in [5.74, 6) is -0.748. The molecule has 1 aromatic rings. The van der Waals surface area contributed by atoms with Crippen LogP contribution < -0.4 is 4.72 Å². The molecule has 1 unspecified atom stereocenters. The van der Waals surface area contributed by atoms with Crippen molar-refractivity contribution in [1.29, 1.82) is 0 Å². The van der Waals surface area contributed by atoms with Crippen molar-refractivity contribution in [3.05, 3.63) is 28.5 Å². The van der Waals surface area contributed by atoms with Gasteiger partial charge in [-0.1, -0.05) is 22.4 Å². The van der Waals surface area contributed by atoms with Crippen LogP contribution in [0.4, 0.5) is 4.39 Å². The fourth-order valence-electron chi connectivity index (χ4n) is 2.49. The summed E-state index contributed by atoms with van der Waals surface area (Å²) >= 11 is 3.12. The molecule has 1 heterocycles. The maximum atomic E-state index is 13.8. The van der Waals surface area contributed by atoms with Gasteiger partial charge in [-0.2, -0.15) is 0 Å².